The Kier molecular flexibility index (Phi) is 31.8. The molecule has 40 heavy (non-hydrogen) atoms. The van der Waals surface area contributed by atoms with Crippen LogP contribution in [0.25, 0.3) is 0 Å². The van der Waals surface area contributed by atoms with Crippen molar-refractivity contribution in [1.29, 1.82) is 0 Å². The van der Waals surface area contributed by atoms with Crippen LogP contribution in [0.15, 0.2) is 0 Å². The van der Waals surface area contributed by atoms with Crippen LogP contribution in [-0.2, 0) is 9.47 Å². The van der Waals surface area contributed by atoms with Crippen molar-refractivity contribution in [1.82, 2.24) is 0 Å². The lowest BCUT2D eigenvalue weighted by atomic mass is 9.89. The number of unbranched alkanes of at least 4 members (excludes halogenated alkanes) is 26. The maximum Gasteiger partial charge on any atom is 0.0856 e. The molecule has 0 aliphatic heterocycles. The molecule has 2 nitrogen and oxygen atoms in total. The molecule has 0 spiro atoms. The normalized spacial score (nSPS) is 12.8. The highest BCUT2D eigenvalue weighted by Gasteiger charge is 2.25. The summed E-state index contributed by atoms with van der Waals surface area (Å²) >= 11 is 0. The highest BCUT2D eigenvalue weighted by Crippen LogP contribution is 2.23. The summed E-state index contributed by atoms with van der Waals surface area (Å²) in [6.07, 6.45) is 39.5. The summed E-state index contributed by atoms with van der Waals surface area (Å²) < 4.78 is 12.4. The van der Waals surface area contributed by atoms with Crippen LogP contribution in [0.5, 0.6) is 0 Å². The molecule has 0 aromatic rings. The third kappa shape index (κ3) is 30.9. The van der Waals surface area contributed by atoms with Crippen molar-refractivity contribution < 1.29 is 9.47 Å². The second-order valence-corrected chi connectivity index (χ2v) is 14.0. The van der Waals surface area contributed by atoms with Crippen LogP contribution in [-0.4, -0.2) is 25.9 Å². The summed E-state index contributed by atoms with van der Waals surface area (Å²) in [5.74, 6) is 0. The molecule has 1 atom stereocenters. The second-order valence-electron chi connectivity index (χ2n) is 14.0. The van der Waals surface area contributed by atoms with Crippen molar-refractivity contribution in [3.8, 4) is 0 Å². The summed E-state index contributed by atoms with van der Waals surface area (Å²) in [5.41, 5.74) is 0.144. The first-order valence-electron chi connectivity index (χ1n) is 18.7. The first-order chi connectivity index (χ1) is 19.5. The van der Waals surface area contributed by atoms with Crippen LogP contribution in [0.4, 0.5) is 0 Å². The molecule has 2 heteroatoms. The Morgan fingerprint density at radius 2 is 0.650 bits per heavy atom. The van der Waals surface area contributed by atoms with Crippen molar-refractivity contribution in [3.63, 3.8) is 0 Å². The molecule has 0 N–H and O–H groups in total. The van der Waals surface area contributed by atoms with E-state index in [0.717, 1.165) is 19.8 Å². The van der Waals surface area contributed by atoms with Crippen molar-refractivity contribution in [2.75, 3.05) is 19.8 Å². The third-order valence-electron chi connectivity index (χ3n) is 8.69. The third-order valence-corrected chi connectivity index (χ3v) is 8.69. The number of ether oxygens (including phenoxy) is 2. The van der Waals surface area contributed by atoms with Gasteiger partial charge >= 0.3 is 0 Å². The lowest BCUT2D eigenvalue weighted by molar-refractivity contribution is -0.0705. The Morgan fingerprint density at radius 3 is 0.950 bits per heavy atom. The largest absolute Gasteiger partial charge is 0.379 e. The number of rotatable bonds is 33. The zero-order valence-corrected chi connectivity index (χ0v) is 28.8. The van der Waals surface area contributed by atoms with Crippen molar-refractivity contribution in [2.24, 2.45) is 5.41 Å². The molecule has 0 radical (unpaired) electrons. The topological polar surface area (TPSA) is 18.5 Å². The maximum absolute atomic E-state index is 6.31. The first kappa shape index (κ1) is 39.9. The molecule has 0 aromatic heterocycles. The molecule has 1 unspecified atom stereocenters. The van der Waals surface area contributed by atoms with E-state index in [1.54, 1.807) is 0 Å². The number of hydrogen-bond donors (Lipinski definition) is 0. The highest BCUT2D eigenvalue weighted by molar-refractivity contribution is 4.74. The van der Waals surface area contributed by atoms with Crippen LogP contribution < -0.4 is 0 Å². The van der Waals surface area contributed by atoms with E-state index in [1.807, 2.05) is 0 Å². The van der Waals surface area contributed by atoms with Gasteiger partial charge in [-0.3, -0.25) is 0 Å². The van der Waals surface area contributed by atoms with Crippen molar-refractivity contribution in [3.05, 3.63) is 0 Å². The smallest absolute Gasteiger partial charge is 0.0856 e. The quantitative estimate of drug-likeness (QED) is 0.0735. The van der Waals surface area contributed by atoms with Crippen molar-refractivity contribution in [2.45, 2.75) is 221 Å². The molecule has 0 bridgehead atoms. The number of hydrogen-bond acceptors (Lipinski definition) is 2. The SMILES string of the molecule is CCCCCCCCCCCCCCCCOCC(OCCCCCCCCCCCCCCCC)C(C)(C)C. The monoisotopic (exact) mass is 567 g/mol. The van der Waals surface area contributed by atoms with E-state index in [-0.39, 0.29) is 11.5 Å². The predicted octanol–water partition coefficient (Wildman–Crippen LogP) is 13.4. The summed E-state index contributed by atoms with van der Waals surface area (Å²) in [6.45, 7) is 14.0. The van der Waals surface area contributed by atoms with E-state index in [4.69, 9.17) is 9.47 Å². The lowest BCUT2D eigenvalue weighted by Gasteiger charge is -2.30. The summed E-state index contributed by atoms with van der Waals surface area (Å²) in [5, 5.41) is 0. The van der Waals surface area contributed by atoms with Gasteiger partial charge in [0, 0.05) is 13.2 Å². The lowest BCUT2D eigenvalue weighted by Crippen LogP contribution is -2.34. The van der Waals surface area contributed by atoms with Gasteiger partial charge in [0.1, 0.15) is 0 Å². The maximum atomic E-state index is 6.31. The van der Waals surface area contributed by atoms with Gasteiger partial charge in [0.25, 0.3) is 0 Å². The minimum absolute atomic E-state index is 0.144. The van der Waals surface area contributed by atoms with Gasteiger partial charge in [-0.05, 0) is 18.3 Å². The van der Waals surface area contributed by atoms with Gasteiger partial charge in [-0.25, -0.2) is 0 Å². The Labute approximate surface area is 254 Å². The summed E-state index contributed by atoms with van der Waals surface area (Å²) in [4.78, 5) is 0. The van der Waals surface area contributed by atoms with E-state index in [1.165, 1.54) is 180 Å². The van der Waals surface area contributed by atoms with E-state index in [9.17, 15) is 0 Å². The van der Waals surface area contributed by atoms with Gasteiger partial charge in [-0.2, -0.15) is 0 Å². The van der Waals surface area contributed by atoms with Crippen LogP contribution in [0.1, 0.15) is 214 Å². The molecule has 0 saturated heterocycles. The van der Waals surface area contributed by atoms with Crippen LogP contribution in [0, 0.1) is 5.41 Å². The fourth-order valence-corrected chi connectivity index (χ4v) is 5.66. The van der Waals surface area contributed by atoms with Gasteiger partial charge in [0.05, 0.1) is 12.7 Å². The molecule has 0 heterocycles. The zero-order valence-electron chi connectivity index (χ0n) is 28.8. The Bertz CT molecular complexity index is 455. The molecule has 0 fully saturated rings. The predicted molar refractivity (Wildman–Crippen MR) is 181 cm³/mol. The summed E-state index contributed by atoms with van der Waals surface area (Å²) in [7, 11) is 0. The van der Waals surface area contributed by atoms with E-state index in [0.29, 0.717) is 0 Å². The van der Waals surface area contributed by atoms with E-state index in [2.05, 4.69) is 34.6 Å². The van der Waals surface area contributed by atoms with Gasteiger partial charge in [-0.15, -0.1) is 0 Å². The Balaban J connectivity index is 3.49. The average molecular weight is 567 g/mol. The van der Waals surface area contributed by atoms with Gasteiger partial charge in [0.2, 0.25) is 0 Å². The molecule has 0 aliphatic carbocycles. The van der Waals surface area contributed by atoms with Crippen molar-refractivity contribution >= 4 is 0 Å². The minimum atomic E-state index is 0.144. The Morgan fingerprint density at radius 1 is 0.375 bits per heavy atom. The first-order valence-corrected chi connectivity index (χ1v) is 18.7. The average Bonchev–Trinajstić information content (AvgIpc) is 2.93. The molecular weight excluding hydrogens is 488 g/mol. The zero-order chi connectivity index (χ0) is 29.4. The highest BCUT2D eigenvalue weighted by atomic mass is 16.5. The fourth-order valence-electron chi connectivity index (χ4n) is 5.66. The molecule has 0 aliphatic rings. The van der Waals surface area contributed by atoms with Gasteiger partial charge in [0.15, 0.2) is 0 Å². The van der Waals surface area contributed by atoms with Crippen LogP contribution in [0.2, 0.25) is 0 Å². The van der Waals surface area contributed by atoms with E-state index < -0.39 is 0 Å². The van der Waals surface area contributed by atoms with Gasteiger partial charge in [-0.1, -0.05) is 202 Å². The fraction of sp³-hybridized carbons (Fsp3) is 1.00. The molecule has 0 rings (SSSR count). The van der Waals surface area contributed by atoms with Gasteiger partial charge < -0.3 is 9.47 Å². The molecule has 242 valence electrons. The second kappa shape index (κ2) is 31.8. The van der Waals surface area contributed by atoms with Crippen LogP contribution in [0.3, 0.4) is 0 Å². The molecular formula is C38H78O2. The molecule has 0 saturated carbocycles. The Hall–Kier alpha value is -0.0800. The molecule has 0 amide bonds. The van der Waals surface area contributed by atoms with Crippen LogP contribution >= 0.6 is 0 Å². The van der Waals surface area contributed by atoms with E-state index >= 15 is 0 Å². The minimum Gasteiger partial charge on any atom is -0.379 e. The summed E-state index contributed by atoms with van der Waals surface area (Å²) in [6, 6.07) is 0. The molecule has 0 aromatic carbocycles. The standard InChI is InChI=1S/C38H78O2/c1-6-8-10-12-14-16-18-20-22-24-26-28-30-32-34-39-36-37(38(3,4)5)40-35-33-31-29-27-25-23-21-19-17-15-13-11-9-7-2/h37H,6-36H2,1-5H3.